The van der Waals surface area contributed by atoms with Crippen molar-refractivity contribution in [1.82, 2.24) is 10.2 Å². The summed E-state index contributed by atoms with van der Waals surface area (Å²) in [5.74, 6) is -0.940. The lowest BCUT2D eigenvalue weighted by atomic mass is 10.1. The molecule has 2 amide bonds. The van der Waals surface area contributed by atoms with E-state index in [4.69, 9.17) is 34.8 Å². The van der Waals surface area contributed by atoms with E-state index in [0.717, 1.165) is 10.6 Å². The van der Waals surface area contributed by atoms with Crippen LogP contribution in [-0.2, 0) is 26.2 Å². The Balaban J connectivity index is 2.54. The molecule has 2 rings (SSSR count). The van der Waals surface area contributed by atoms with E-state index in [0.29, 0.717) is 39.2 Å². The minimum absolute atomic E-state index is 0.0703. The maximum atomic E-state index is 13.6. The smallest absolute Gasteiger partial charge is 0.244 e. The number of hydrogen-bond donors (Lipinski definition) is 1. The number of carbonyl (C=O) groups is 2. The molecule has 1 atom stereocenters. The second kappa shape index (κ2) is 12.1. The summed E-state index contributed by atoms with van der Waals surface area (Å²) in [7, 11) is -3.86. The first-order valence-electron chi connectivity index (χ1n) is 10.6. The molecule has 0 heterocycles. The van der Waals surface area contributed by atoms with E-state index in [9.17, 15) is 18.0 Å². The highest BCUT2D eigenvalue weighted by molar-refractivity contribution is 7.92. The number of halogens is 3. The molecule has 2 aromatic rings. The molecule has 0 fully saturated rings. The van der Waals surface area contributed by atoms with Gasteiger partial charge in [-0.1, -0.05) is 53.9 Å². The molecular formula is C23H28Cl3N3O4S. The van der Waals surface area contributed by atoms with E-state index in [2.05, 4.69) is 5.32 Å². The summed E-state index contributed by atoms with van der Waals surface area (Å²) in [6.45, 7) is 4.99. The summed E-state index contributed by atoms with van der Waals surface area (Å²) in [4.78, 5) is 27.8. The normalized spacial score (nSPS) is 12.2. The van der Waals surface area contributed by atoms with Gasteiger partial charge in [-0.2, -0.15) is 0 Å². The van der Waals surface area contributed by atoms with Crippen molar-refractivity contribution in [1.29, 1.82) is 0 Å². The summed E-state index contributed by atoms with van der Waals surface area (Å²) in [5, 5.41) is 3.77. The Morgan fingerprint density at radius 3 is 2.09 bits per heavy atom. The number of amides is 2. The molecule has 7 nitrogen and oxygen atoms in total. The summed E-state index contributed by atoms with van der Waals surface area (Å²) < 4.78 is 26.4. The van der Waals surface area contributed by atoms with Gasteiger partial charge < -0.3 is 10.2 Å². The molecule has 0 saturated carbocycles. The van der Waals surface area contributed by atoms with Gasteiger partial charge in [-0.3, -0.25) is 13.9 Å². The molecule has 0 spiro atoms. The van der Waals surface area contributed by atoms with Crippen LogP contribution >= 0.6 is 34.8 Å². The highest BCUT2D eigenvalue weighted by Crippen LogP contribution is 2.30. The lowest BCUT2D eigenvalue weighted by Crippen LogP contribution is -2.52. The van der Waals surface area contributed by atoms with Gasteiger partial charge in [-0.25, -0.2) is 8.42 Å². The number of anilines is 1. The number of carbonyl (C=O) groups excluding carboxylic acids is 2. The average Bonchev–Trinajstić information content (AvgIpc) is 2.75. The fraction of sp³-hybridized carbons (Fsp3) is 0.391. The maximum absolute atomic E-state index is 13.6. The number of nitrogens with zero attached hydrogens (tertiary/aromatic N) is 2. The zero-order valence-corrected chi connectivity index (χ0v) is 22.5. The zero-order chi connectivity index (χ0) is 25.6. The van der Waals surface area contributed by atoms with E-state index in [-0.39, 0.29) is 18.1 Å². The van der Waals surface area contributed by atoms with Crippen molar-refractivity contribution in [3.63, 3.8) is 0 Å². The number of benzene rings is 2. The van der Waals surface area contributed by atoms with Crippen LogP contribution in [0, 0.1) is 6.92 Å². The SMILES string of the molecule is CCNC(=O)C(CC)N(Cc1c(Cl)cccc1Cl)C(=O)CN(c1cccc(Cl)c1C)S(C)(=O)=O. The standard InChI is InChI=1S/C23H28Cl3N3O4S/c1-5-20(23(31)27-6-2)28(13-16-18(25)10-7-11-19(16)26)22(30)14-29(34(4,32)33)21-12-8-9-17(24)15(21)3/h7-12,20H,5-6,13-14H2,1-4H3,(H,27,31). The van der Waals surface area contributed by atoms with E-state index in [1.165, 1.54) is 4.90 Å². The first kappa shape index (κ1) is 28.2. The molecule has 0 radical (unpaired) electrons. The third kappa shape index (κ3) is 6.78. The fourth-order valence-electron chi connectivity index (χ4n) is 3.53. The van der Waals surface area contributed by atoms with E-state index >= 15 is 0 Å². The third-order valence-electron chi connectivity index (χ3n) is 5.31. The van der Waals surface area contributed by atoms with Crippen LogP contribution in [0.3, 0.4) is 0 Å². The van der Waals surface area contributed by atoms with Crippen LogP contribution in [0.4, 0.5) is 5.69 Å². The van der Waals surface area contributed by atoms with Crippen LogP contribution in [0.2, 0.25) is 15.1 Å². The molecule has 0 aliphatic heterocycles. The van der Waals surface area contributed by atoms with Crippen LogP contribution in [-0.4, -0.2) is 50.5 Å². The molecule has 2 aromatic carbocycles. The summed E-state index contributed by atoms with van der Waals surface area (Å²) in [6, 6.07) is 8.91. The van der Waals surface area contributed by atoms with Gasteiger partial charge in [0, 0.05) is 33.7 Å². The first-order valence-corrected chi connectivity index (χ1v) is 13.6. The lowest BCUT2D eigenvalue weighted by molar-refractivity contribution is -0.140. The lowest BCUT2D eigenvalue weighted by Gasteiger charge is -2.33. The van der Waals surface area contributed by atoms with Crippen molar-refractivity contribution in [2.75, 3.05) is 23.7 Å². The van der Waals surface area contributed by atoms with Crippen LogP contribution in [0.5, 0.6) is 0 Å². The molecule has 1 N–H and O–H groups in total. The van der Waals surface area contributed by atoms with Crippen LogP contribution in [0.15, 0.2) is 36.4 Å². The van der Waals surface area contributed by atoms with Crippen molar-refractivity contribution in [2.45, 2.75) is 39.8 Å². The van der Waals surface area contributed by atoms with Crippen LogP contribution in [0.1, 0.15) is 31.4 Å². The summed E-state index contributed by atoms with van der Waals surface area (Å²) >= 11 is 18.9. The molecule has 0 saturated heterocycles. The number of rotatable bonds is 10. The highest BCUT2D eigenvalue weighted by Gasteiger charge is 2.32. The minimum Gasteiger partial charge on any atom is -0.355 e. The third-order valence-corrected chi connectivity index (χ3v) is 7.56. The van der Waals surface area contributed by atoms with Gasteiger partial charge in [0.05, 0.1) is 11.9 Å². The second-order valence-electron chi connectivity index (χ2n) is 7.69. The zero-order valence-electron chi connectivity index (χ0n) is 19.4. The van der Waals surface area contributed by atoms with E-state index in [1.54, 1.807) is 57.2 Å². The Kier molecular flexibility index (Phi) is 10.1. The Labute approximate surface area is 216 Å². The van der Waals surface area contributed by atoms with Crippen molar-refractivity contribution >= 4 is 62.3 Å². The number of sulfonamides is 1. The van der Waals surface area contributed by atoms with Gasteiger partial charge in [-0.15, -0.1) is 0 Å². The molecule has 0 aliphatic carbocycles. The molecule has 11 heteroatoms. The molecule has 0 bridgehead atoms. The van der Waals surface area contributed by atoms with E-state index in [1.807, 2.05) is 0 Å². The molecule has 1 unspecified atom stereocenters. The minimum atomic E-state index is -3.86. The number of likely N-dealkylation sites (N-methyl/N-ethyl adjacent to an activating group) is 1. The fourth-order valence-corrected chi connectivity index (χ4v) is 5.11. The quantitative estimate of drug-likeness (QED) is 0.468. The van der Waals surface area contributed by atoms with Crippen molar-refractivity contribution < 1.29 is 18.0 Å². The second-order valence-corrected chi connectivity index (χ2v) is 10.8. The molecule has 34 heavy (non-hydrogen) atoms. The summed E-state index contributed by atoms with van der Waals surface area (Å²) in [6.07, 6.45) is 1.31. The van der Waals surface area contributed by atoms with Gasteiger partial charge in [0.15, 0.2) is 0 Å². The van der Waals surface area contributed by atoms with Crippen molar-refractivity contribution in [3.8, 4) is 0 Å². The topological polar surface area (TPSA) is 86.8 Å². The Morgan fingerprint density at radius 1 is 1.00 bits per heavy atom. The Bertz CT molecular complexity index is 1140. The van der Waals surface area contributed by atoms with Gasteiger partial charge in [0.1, 0.15) is 12.6 Å². The molecule has 0 aliphatic rings. The monoisotopic (exact) mass is 547 g/mol. The van der Waals surface area contributed by atoms with E-state index < -0.39 is 28.5 Å². The number of nitrogens with one attached hydrogen (secondary N) is 1. The van der Waals surface area contributed by atoms with Crippen molar-refractivity contribution in [3.05, 3.63) is 62.6 Å². The van der Waals surface area contributed by atoms with Gasteiger partial charge in [0.2, 0.25) is 21.8 Å². The maximum Gasteiger partial charge on any atom is 0.244 e. The Morgan fingerprint density at radius 2 is 1.56 bits per heavy atom. The van der Waals surface area contributed by atoms with Gasteiger partial charge in [0.25, 0.3) is 0 Å². The Hall–Kier alpha value is -2.00. The number of hydrogen-bond acceptors (Lipinski definition) is 4. The average molecular weight is 549 g/mol. The first-order chi connectivity index (χ1) is 15.9. The summed E-state index contributed by atoms with van der Waals surface area (Å²) in [5.41, 5.74) is 1.26. The van der Waals surface area contributed by atoms with Crippen molar-refractivity contribution in [2.24, 2.45) is 0 Å². The highest BCUT2D eigenvalue weighted by atomic mass is 35.5. The van der Waals surface area contributed by atoms with Gasteiger partial charge >= 0.3 is 0 Å². The molecular weight excluding hydrogens is 521 g/mol. The predicted molar refractivity (Wildman–Crippen MR) is 138 cm³/mol. The van der Waals surface area contributed by atoms with Gasteiger partial charge in [-0.05, 0) is 50.1 Å². The predicted octanol–water partition coefficient (Wildman–Crippen LogP) is 4.66. The van der Waals surface area contributed by atoms with Crippen LogP contribution < -0.4 is 9.62 Å². The molecule has 0 aromatic heterocycles. The largest absolute Gasteiger partial charge is 0.355 e. The molecule has 186 valence electrons. The van der Waals surface area contributed by atoms with Crippen LogP contribution in [0.25, 0.3) is 0 Å².